The largest absolute Gasteiger partial charge is 0.497 e. The molecule has 2 aromatic carbocycles. The third-order valence-corrected chi connectivity index (χ3v) is 6.77. The zero-order chi connectivity index (χ0) is 31.4. The van der Waals surface area contributed by atoms with Gasteiger partial charge >= 0.3 is 6.18 Å². The van der Waals surface area contributed by atoms with Crippen LogP contribution in [0.25, 0.3) is 17.2 Å². The van der Waals surface area contributed by atoms with Crippen LogP contribution < -0.4 is 14.8 Å². The lowest BCUT2D eigenvalue weighted by molar-refractivity contribution is -0.137. The maximum atomic E-state index is 13.5. The van der Waals surface area contributed by atoms with E-state index in [2.05, 4.69) is 25.4 Å². The predicted molar refractivity (Wildman–Crippen MR) is 149 cm³/mol. The Bertz CT molecular complexity index is 1710. The number of oxazole rings is 1. The number of benzene rings is 2. The Morgan fingerprint density at radius 3 is 2.43 bits per heavy atom. The van der Waals surface area contributed by atoms with E-state index in [4.69, 9.17) is 13.9 Å². The minimum absolute atomic E-state index is 0.0425. The molecule has 0 spiro atoms. The molecular formula is C29H28F5N7O3. The van der Waals surface area contributed by atoms with Gasteiger partial charge in [0.05, 0.1) is 39.1 Å². The second kappa shape index (κ2) is 12.8. The van der Waals surface area contributed by atoms with E-state index in [9.17, 15) is 22.0 Å². The molecule has 232 valence electrons. The minimum Gasteiger partial charge on any atom is -0.497 e. The summed E-state index contributed by atoms with van der Waals surface area (Å²) in [6.07, 6.45) is -4.30. The highest BCUT2D eigenvalue weighted by molar-refractivity contribution is 5.66. The van der Waals surface area contributed by atoms with Crippen LogP contribution in [0.3, 0.4) is 0 Å². The van der Waals surface area contributed by atoms with E-state index >= 15 is 0 Å². The average Bonchev–Trinajstić information content (AvgIpc) is 3.67. The van der Waals surface area contributed by atoms with Crippen molar-refractivity contribution in [3.8, 4) is 23.1 Å². The van der Waals surface area contributed by atoms with Crippen molar-refractivity contribution in [3.05, 3.63) is 83.0 Å². The number of nitrogens with zero attached hydrogens (tertiary/aromatic N) is 6. The first-order valence-corrected chi connectivity index (χ1v) is 13.3. The van der Waals surface area contributed by atoms with E-state index in [1.54, 1.807) is 33.3 Å². The number of halogens is 5. The number of ether oxygens (including phenoxy) is 2. The highest BCUT2D eigenvalue weighted by Gasteiger charge is 2.30. The van der Waals surface area contributed by atoms with Crippen LogP contribution in [0.2, 0.25) is 0 Å². The summed E-state index contributed by atoms with van der Waals surface area (Å²) in [4.78, 5) is 14.9. The summed E-state index contributed by atoms with van der Waals surface area (Å²) in [5.41, 5.74) is 1.78. The predicted octanol–water partition coefficient (Wildman–Crippen LogP) is 6.00. The highest BCUT2D eigenvalue weighted by atomic mass is 19.4. The van der Waals surface area contributed by atoms with Crippen LogP contribution in [0.1, 0.15) is 28.1 Å². The molecule has 0 radical (unpaired) electrons. The van der Waals surface area contributed by atoms with Crippen LogP contribution in [0.15, 0.2) is 59.3 Å². The van der Waals surface area contributed by atoms with Gasteiger partial charge in [-0.25, -0.2) is 23.7 Å². The molecule has 0 aliphatic rings. The number of fused-ring (bicyclic) bond motifs is 1. The molecule has 3 heterocycles. The summed E-state index contributed by atoms with van der Waals surface area (Å²) >= 11 is 0. The summed E-state index contributed by atoms with van der Waals surface area (Å²) in [5, 5.41) is 7.79. The molecule has 0 bridgehead atoms. The summed E-state index contributed by atoms with van der Waals surface area (Å²) in [7, 11) is 3.10. The van der Waals surface area contributed by atoms with Crippen molar-refractivity contribution in [1.82, 2.24) is 29.5 Å². The molecular weight excluding hydrogens is 589 g/mol. The van der Waals surface area contributed by atoms with Crippen molar-refractivity contribution >= 4 is 11.6 Å². The molecule has 0 fully saturated rings. The second-order valence-corrected chi connectivity index (χ2v) is 9.80. The van der Waals surface area contributed by atoms with Crippen LogP contribution in [-0.2, 0) is 25.8 Å². The first kappa shape index (κ1) is 30.7. The normalized spacial score (nSPS) is 12.0. The van der Waals surface area contributed by atoms with E-state index in [0.29, 0.717) is 34.0 Å². The van der Waals surface area contributed by atoms with E-state index in [1.807, 2.05) is 6.07 Å². The number of alkyl halides is 5. The lowest BCUT2D eigenvalue weighted by Gasteiger charge is -2.20. The number of nitrogens with one attached hydrogen (secondary N) is 1. The van der Waals surface area contributed by atoms with E-state index in [-0.39, 0.29) is 37.3 Å². The van der Waals surface area contributed by atoms with Gasteiger partial charge in [-0.2, -0.15) is 17.7 Å². The first-order chi connectivity index (χ1) is 21.0. The zero-order valence-electron chi connectivity index (χ0n) is 23.9. The summed E-state index contributed by atoms with van der Waals surface area (Å²) in [6, 6.07) is 9.76. The number of hydrogen-bond acceptors (Lipinski definition) is 9. The molecule has 0 unspecified atom stereocenters. The molecule has 3 aromatic heterocycles. The standard InChI is InChI=1S/C29H28F5N7O3/c1-17-25(27-35-10-11-44-27)38-28(36-13-19-6-9-21(42-2)12-22(19)43-3)41-26(17)37-24(39-41)16-40(15-23(30)31)14-18-4-7-20(8-5-18)29(32,33)34/h4-12,23H,13-16H2,1-3H3,(H,36,38). The molecule has 15 heteroatoms. The van der Waals surface area contributed by atoms with Crippen molar-refractivity contribution in [2.45, 2.75) is 39.2 Å². The number of rotatable bonds is 12. The van der Waals surface area contributed by atoms with E-state index < -0.39 is 24.7 Å². The number of aromatic nitrogens is 5. The number of hydrogen-bond donors (Lipinski definition) is 1. The monoisotopic (exact) mass is 617 g/mol. The minimum atomic E-state index is -4.50. The fourth-order valence-corrected chi connectivity index (χ4v) is 4.63. The molecule has 0 amide bonds. The van der Waals surface area contributed by atoms with Gasteiger partial charge in [-0.3, -0.25) is 4.90 Å². The van der Waals surface area contributed by atoms with Crippen LogP contribution in [-0.4, -0.2) is 56.7 Å². The van der Waals surface area contributed by atoms with Gasteiger partial charge in [-0.15, -0.1) is 5.10 Å². The maximum Gasteiger partial charge on any atom is 0.416 e. The lowest BCUT2D eigenvalue weighted by Crippen LogP contribution is -2.28. The van der Waals surface area contributed by atoms with Gasteiger partial charge in [0, 0.05) is 30.3 Å². The molecule has 5 rings (SSSR count). The Morgan fingerprint density at radius 2 is 1.80 bits per heavy atom. The summed E-state index contributed by atoms with van der Waals surface area (Å²) < 4.78 is 83.7. The third-order valence-electron chi connectivity index (χ3n) is 6.77. The number of anilines is 1. The van der Waals surface area contributed by atoms with Gasteiger partial charge in [-0.1, -0.05) is 12.1 Å². The average molecular weight is 618 g/mol. The van der Waals surface area contributed by atoms with E-state index in [1.165, 1.54) is 34.0 Å². The zero-order valence-corrected chi connectivity index (χ0v) is 23.9. The SMILES string of the molecule is COc1ccc(CNc2nc(-c3ncco3)c(C)c3nc(CN(Cc4ccc(C(F)(F)F)cc4)CC(F)F)nn23)c(OC)c1. The van der Waals surface area contributed by atoms with Gasteiger partial charge < -0.3 is 19.2 Å². The van der Waals surface area contributed by atoms with Gasteiger partial charge in [0.15, 0.2) is 11.5 Å². The number of aryl methyl sites for hydroxylation is 1. The molecule has 0 atom stereocenters. The smallest absolute Gasteiger partial charge is 0.416 e. The van der Waals surface area contributed by atoms with Gasteiger partial charge in [-0.05, 0) is 36.8 Å². The third kappa shape index (κ3) is 6.88. The Hall–Kier alpha value is -4.79. The quantitative estimate of drug-likeness (QED) is 0.169. The van der Waals surface area contributed by atoms with Crippen molar-refractivity contribution in [1.29, 1.82) is 0 Å². The molecule has 0 aliphatic carbocycles. The fourth-order valence-electron chi connectivity index (χ4n) is 4.63. The molecule has 44 heavy (non-hydrogen) atoms. The van der Waals surface area contributed by atoms with Crippen LogP contribution >= 0.6 is 0 Å². The van der Waals surface area contributed by atoms with Crippen molar-refractivity contribution < 1.29 is 35.8 Å². The van der Waals surface area contributed by atoms with Crippen molar-refractivity contribution in [3.63, 3.8) is 0 Å². The van der Waals surface area contributed by atoms with Crippen LogP contribution in [0, 0.1) is 6.92 Å². The maximum absolute atomic E-state index is 13.5. The van der Waals surface area contributed by atoms with Gasteiger partial charge in [0.1, 0.15) is 23.5 Å². The second-order valence-electron chi connectivity index (χ2n) is 9.80. The lowest BCUT2D eigenvalue weighted by atomic mass is 10.1. The molecule has 1 N–H and O–H groups in total. The summed E-state index contributed by atoms with van der Waals surface area (Å²) in [5.74, 6) is 1.94. The fraction of sp³-hybridized carbons (Fsp3) is 0.310. The van der Waals surface area contributed by atoms with Gasteiger partial charge in [0.25, 0.3) is 6.43 Å². The van der Waals surface area contributed by atoms with Crippen LogP contribution in [0.5, 0.6) is 11.5 Å². The van der Waals surface area contributed by atoms with Crippen molar-refractivity contribution in [2.75, 3.05) is 26.1 Å². The molecule has 10 nitrogen and oxygen atoms in total. The summed E-state index contributed by atoms with van der Waals surface area (Å²) in [6.45, 7) is 1.24. The highest BCUT2D eigenvalue weighted by Crippen LogP contribution is 2.30. The Kier molecular flexibility index (Phi) is 8.94. The Morgan fingerprint density at radius 1 is 1.02 bits per heavy atom. The topological polar surface area (TPSA) is 103 Å². The first-order valence-electron chi connectivity index (χ1n) is 13.3. The Balaban J connectivity index is 1.47. The number of methoxy groups -OCH3 is 2. The molecule has 0 saturated heterocycles. The molecule has 0 saturated carbocycles. The molecule has 5 aromatic rings. The van der Waals surface area contributed by atoms with E-state index in [0.717, 1.165) is 17.7 Å². The van der Waals surface area contributed by atoms with Gasteiger partial charge in [0.2, 0.25) is 11.8 Å². The Labute approximate surface area is 248 Å². The molecule has 0 aliphatic heterocycles. The van der Waals surface area contributed by atoms with Crippen molar-refractivity contribution in [2.24, 2.45) is 0 Å². The van der Waals surface area contributed by atoms with Crippen LogP contribution in [0.4, 0.5) is 27.9 Å².